The average Bonchev–Trinajstić information content (AvgIpc) is 2.94. The lowest BCUT2D eigenvalue weighted by Gasteiger charge is -2.48. The molecule has 2 aromatic rings. The first kappa shape index (κ1) is 16.2. The first-order chi connectivity index (χ1) is 12.1. The van der Waals surface area contributed by atoms with Gasteiger partial charge in [-0.15, -0.1) is 0 Å². The Kier molecular flexibility index (Phi) is 4.27. The SMILES string of the molecule is CN1CC2(CC1C(=O)Nc1ccncc1)CN(Cc1ccccc1)C2. The van der Waals surface area contributed by atoms with Crippen LogP contribution < -0.4 is 5.32 Å². The van der Waals surface area contributed by atoms with Gasteiger partial charge in [0.05, 0.1) is 6.04 Å². The maximum absolute atomic E-state index is 12.6. The molecular weight excluding hydrogens is 312 g/mol. The molecule has 0 saturated carbocycles. The molecule has 5 nitrogen and oxygen atoms in total. The second-order valence-corrected chi connectivity index (χ2v) is 7.49. The van der Waals surface area contributed by atoms with E-state index in [9.17, 15) is 4.79 Å². The molecule has 130 valence electrons. The Bertz CT molecular complexity index is 728. The van der Waals surface area contributed by atoms with Crippen molar-refractivity contribution in [1.82, 2.24) is 14.8 Å². The monoisotopic (exact) mass is 336 g/mol. The van der Waals surface area contributed by atoms with Crippen LogP contribution in [0.2, 0.25) is 0 Å². The molecule has 3 heterocycles. The highest BCUT2D eigenvalue weighted by Gasteiger charge is 2.51. The van der Waals surface area contributed by atoms with Gasteiger partial charge in [-0.1, -0.05) is 30.3 Å². The van der Waals surface area contributed by atoms with Crippen LogP contribution in [0.5, 0.6) is 0 Å². The zero-order chi connectivity index (χ0) is 17.3. The van der Waals surface area contributed by atoms with Crippen LogP contribution in [0.25, 0.3) is 0 Å². The molecule has 0 radical (unpaired) electrons. The Morgan fingerprint density at radius 2 is 1.88 bits per heavy atom. The molecule has 0 aliphatic carbocycles. The molecule has 2 aliphatic heterocycles. The maximum Gasteiger partial charge on any atom is 0.241 e. The van der Waals surface area contributed by atoms with Crippen molar-refractivity contribution in [3.8, 4) is 0 Å². The van der Waals surface area contributed by atoms with Gasteiger partial charge >= 0.3 is 0 Å². The van der Waals surface area contributed by atoms with Gasteiger partial charge in [-0.2, -0.15) is 0 Å². The van der Waals surface area contributed by atoms with E-state index < -0.39 is 0 Å². The number of amides is 1. The minimum atomic E-state index is -0.0490. The third kappa shape index (κ3) is 3.43. The van der Waals surface area contributed by atoms with Gasteiger partial charge in [0.15, 0.2) is 0 Å². The summed E-state index contributed by atoms with van der Waals surface area (Å²) in [6, 6.07) is 14.2. The summed E-state index contributed by atoms with van der Waals surface area (Å²) in [7, 11) is 2.06. The first-order valence-corrected chi connectivity index (χ1v) is 8.81. The summed E-state index contributed by atoms with van der Waals surface area (Å²) in [5.74, 6) is 0.0899. The van der Waals surface area contributed by atoms with Gasteiger partial charge < -0.3 is 5.32 Å². The van der Waals surface area contributed by atoms with E-state index in [2.05, 4.69) is 57.5 Å². The van der Waals surface area contributed by atoms with Crippen LogP contribution in [-0.4, -0.2) is 53.4 Å². The summed E-state index contributed by atoms with van der Waals surface area (Å²) < 4.78 is 0. The molecule has 1 atom stereocenters. The Hall–Kier alpha value is -2.24. The molecule has 2 fully saturated rings. The molecule has 0 bridgehead atoms. The van der Waals surface area contributed by atoms with Crippen LogP contribution in [0.1, 0.15) is 12.0 Å². The number of carbonyl (C=O) groups excluding carboxylic acids is 1. The molecule has 2 aliphatic rings. The molecule has 2 saturated heterocycles. The number of hydrogen-bond donors (Lipinski definition) is 1. The maximum atomic E-state index is 12.6. The lowest BCUT2D eigenvalue weighted by molar-refractivity contribution is -0.120. The number of pyridine rings is 1. The van der Waals surface area contributed by atoms with E-state index in [4.69, 9.17) is 0 Å². The number of aromatic nitrogens is 1. The van der Waals surface area contributed by atoms with E-state index in [-0.39, 0.29) is 17.4 Å². The lowest BCUT2D eigenvalue weighted by atomic mass is 9.77. The number of hydrogen-bond acceptors (Lipinski definition) is 4. The number of likely N-dealkylation sites (N-methyl/N-ethyl adjacent to an activating group) is 1. The van der Waals surface area contributed by atoms with Crippen LogP contribution in [0.3, 0.4) is 0 Å². The van der Waals surface area contributed by atoms with Crippen molar-refractivity contribution in [2.75, 3.05) is 32.0 Å². The molecule has 1 aromatic heterocycles. The summed E-state index contributed by atoms with van der Waals surface area (Å²) >= 11 is 0. The normalized spacial score (nSPS) is 22.7. The third-order valence-corrected chi connectivity index (χ3v) is 5.36. The summed E-state index contributed by atoms with van der Waals surface area (Å²) in [5, 5.41) is 3.02. The quantitative estimate of drug-likeness (QED) is 0.930. The highest BCUT2D eigenvalue weighted by atomic mass is 16.2. The van der Waals surface area contributed by atoms with Gasteiger partial charge in [0.1, 0.15) is 0 Å². The smallest absolute Gasteiger partial charge is 0.241 e. The van der Waals surface area contributed by atoms with Gasteiger partial charge in [0, 0.05) is 49.7 Å². The molecule has 1 N–H and O–H groups in total. The van der Waals surface area contributed by atoms with Crippen LogP contribution in [0.4, 0.5) is 5.69 Å². The Morgan fingerprint density at radius 3 is 2.60 bits per heavy atom. The van der Waals surface area contributed by atoms with Gasteiger partial charge in [-0.05, 0) is 31.2 Å². The van der Waals surface area contributed by atoms with Crippen molar-refractivity contribution in [2.24, 2.45) is 5.41 Å². The predicted molar refractivity (Wildman–Crippen MR) is 98.1 cm³/mol. The van der Waals surface area contributed by atoms with Crippen molar-refractivity contribution < 1.29 is 4.79 Å². The highest BCUT2D eigenvalue weighted by molar-refractivity contribution is 5.95. The molecule has 5 heteroatoms. The molecular formula is C20H24N4O. The van der Waals surface area contributed by atoms with Crippen molar-refractivity contribution >= 4 is 11.6 Å². The van der Waals surface area contributed by atoms with Crippen molar-refractivity contribution in [1.29, 1.82) is 0 Å². The van der Waals surface area contributed by atoms with Crippen molar-refractivity contribution in [3.05, 3.63) is 60.4 Å². The van der Waals surface area contributed by atoms with Gasteiger partial charge in [0.25, 0.3) is 0 Å². The second-order valence-electron chi connectivity index (χ2n) is 7.49. The van der Waals surface area contributed by atoms with Crippen molar-refractivity contribution in [3.63, 3.8) is 0 Å². The average molecular weight is 336 g/mol. The number of rotatable bonds is 4. The van der Waals surface area contributed by atoms with Crippen molar-refractivity contribution in [2.45, 2.75) is 19.0 Å². The fourth-order valence-electron chi connectivity index (χ4n) is 4.31. The van der Waals surface area contributed by atoms with E-state index >= 15 is 0 Å². The molecule has 1 aromatic carbocycles. The summed E-state index contributed by atoms with van der Waals surface area (Å²) in [6.45, 7) is 4.14. The zero-order valence-corrected chi connectivity index (χ0v) is 14.6. The van der Waals surface area contributed by atoms with E-state index in [1.54, 1.807) is 12.4 Å². The van der Waals surface area contributed by atoms with E-state index in [0.717, 1.165) is 38.3 Å². The second kappa shape index (κ2) is 6.58. The van der Waals surface area contributed by atoms with Crippen LogP contribution >= 0.6 is 0 Å². The number of likely N-dealkylation sites (tertiary alicyclic amines) is 2. The van der Waals surface area contributed by atoms with E-state index in [1.165, 1.54) is 5.56 Å². The van der Waals surface area contributed by atoms with Crippen LogP contribution in [0.15, 0.2) is 54.9 Å². The van der Waals surface area contributed by atoms with Crippen LogP contribution in [0, 0.1) is 5.41 Å². The van der Waals surface area contributed by atoms with Gasteiger partial charge in [0.2, 0.25) is 5.91 Å². The van der Waals surface area contributed by atoms with Crippen LogP contribution in [-0.2, 0) is 11.3 Å². The summed E-state index contributed by atoms with van der Waals surface area (Å²) in [6.07, 6.45) is 4.33. The summed E-state index contributed by atoms with van der Waals surface area (Å²) in [5.41, 5.74) is 2.44. The molecule has 25 heavy (non-hydrogen) atoms. The topological polar surface area (TPSA) is 48.5 Å². The summed E-state index contributed by atoms with van der Waals surface area (Å²) in [4.78, 5) is 21.3. The Labute approximate surface area is 148 Å². The fourth-order valence-corrected chi connectivity index (χ4v) is 4.31. The number of nitrogens with one attached hydrogen (secondary N) is 1. The molecule has 4 rings (SSSR count). The highest BCUT2D eigenvalue weighted by Crippen LogP contribution is 2.42. The van der Waals surface area contributed by atoms with Gasteiger partial charge in [-0.25, -0.2) is 0 Å². The molecule has 1 amide bonds. The Balaban J connectivity index is 1.33. The van der Waals surface area contributed by atoms with Gasteiger partial charge in [-0.3, -0.25) is 19.6 Å². The number of nitrogens with zero attached hydrogens (tertiary/aromatic N) is 3. The van der Waals surface area contributed by atoms with E-state index in [0.29, 0.717) is 0 Å². The third-order valence-electron chi connectivity index (χ3n) is 5.36. The fraction of sp³-hybridized carbons (Fsp3) is 0.400. The lowest BCUT2D eigenvalue weighted by Crippen LogP contribution is -2.56. The first-order valence-electron chi connectivity index (χ1n) is 8.81. The molecule has 1 spiro atoms. The minimum Gasteiger partial charge on any atom is -0.325 e. The Morgan fingerprint density at radius 1 is 1.16 bits per heavy atom. The number of carbonyl (C=O) groups is 1. The zero-order valence-electron chi connectivity index (χ0n) is 14.6. The predicted octanol–water partition coefficient (Wildman–Crippen LogP) is 2.23. The minimum absolute atomic E-state index is 0.0490. The standard InChI is InChI=1S/C20H24N4O/c1-23-13-20(14-24(15-20)12-16-5-3-2-4-6-16)11-18(23)19(25)22-17-7-9-21-10-8-17/h2-10,18H,11-15H2,1H3,(H,21,22,25). The number of benzene rings is 1. The largest absolute Gasteiger partial charge is 0.325 e. The number of anilines is 1. The molecule has 1 unspecified atom stereocenters. The van der Waals surface area contributed by atoms with E-state index in [1.807, 2.05) is 12.1 Å².